The van der Waals surface area contributed by atoms with Crippen molar-refractivity contribution in [3.8, 4) is 0 Å². The van der Waals surface area contributed by atoms with E-state index < -0.39 is 25.4 Å². The fraction of sp³-hybridized carbons (Fsp3) is 0.875. The van der Waals surface area contributed by atoms with Gasteiger partial charge >= 0.3 is 0 Å². The zero-order valence-corrected chi connectivity index (χ0v) is 7.86. The SMILES string of the molecule is O=C(NC(CO)(CO)CO)C1CNC1. The Balaban J connectivity index is 2.49. The van der Waals surface area contributed by atoms with Gasteiger partial charge in [-0.15, -0.1) is 0 Å². The Kier molecular flexibility index (Phi) is 3.82. The fourth-order valence-corrected chi connectivity index (χ4v) is 1.11. The molecule has 0 saturated carbocycles. The summed E-state index contributed by atoms with van der Waals surface area (Å²) in [7, 11) is 0. The second kappa shape index (κ2) is 4.70. The van der Waals surface area contributed by atoms with Gasteiger partial charge in [0.05, 0.1) is 25.7 Å². The molecule has 0 atom stereocenters. The monoisotopic (exact) mass is 204 g/mol. The largest absolute Gasteiger partial charge is 0.394 e. The van der Waals surface area contributed by atoms with Gasteiger partial charge in [-0.3, -0.25) is 4.79 Å². The van der Waals surface area contributed by atoms with E-state index in [1.54, 1.807) is 0 Å². The summed E-state index contributed by atoms with van der Waals surface area (Å²) in [5.74, 6) is -0.375. The first kappa shape index (κ1) is 11.4. The molecule has 6 heteroatoms. The smallest absolute Gasteiger partial charge is 0.226 e. The highest BCUT2D eigenvalue weighted by atomic mass is 16.3. The molecule has 1 aliphatic rings. The third-order valence-electron chi connectivity index (χ3n) is 2.45. The van der Waals surface area contributed by atoms with E-state index in [1.165, 1.54) is 0 Å². The highest BCUT2D eigenvalue weighted by Gasteiger charge is 2.34. The van der Waals surface area contributed by atoms with Gasteiger partial charge in [-0.05, 0) is 0 Å². The molecule has 1 saturated heterocycles. The molecule has 0 aromatic heterocycles. The van der Waals surface area contributed by atoms with Crippen molar-refractivity contribution in [1.82, 2.24) is 10.6 Å². The molecule has 0 aromatic carbocycles. The van der Waals surface area contributed by atoms with E-state index in [1.807, 2.05) is 0 Å². The molecule has 1 aliphatic heterocycles. The average Bonchev–Trinajstić information content (AvgIpc) is 2.11. The number of rotatable bonds is 5. The zero-order valence-electron chi connectivity index (χ0n) is 7.86. The molecule has 0 spiro atoms. The first-order chi connectivity index (χ1) is 6.67. The molecule has 14 heavy (non-hydrogen) atoms. The summed E-state index contributed by atoms with van der Waals surface area (Å²) in [4.78, 5) is 11.4. The Morgan fingerprint density at radius 1 is 1.29 bits per heavy atom. The first-order valence-corrected chi connectivity index (χ1v) is 4.53. The van der Waals surface area contributed by atoms with E-state index in [9.17, 15) is 4.79 Å². The lowest BCUT2D eigenvalue weighted by molar-refractivity contribution is -0.130. The molecular formula is C8H16N2O4. The Labute approximate surface area is 81.9 Å². The van der Waals surface area contributed by atoms with E-state index in [0.29, 0.717) is 13.1 Å². The standard InChI is InChI=1S/C8H16N2O4/c11-3-8(4-12,5-13)10-7(14)6-1-9-2-6/h6,9,11-13H,1-5H2,(H,10,14). The zero-order chi connectivity index (χ0) is 10.6. The summed E-state index contributed by atoms with van der Waals surface area (Å²) < 4.78 is 0. The van der Waals surface area contributed by atoms with Gasteiger partial charge in [-0.25, -0.2) is 0 Å². The van der Waals surface area contributed by atoms with E-state index in [-0.39, 0.29) is 11.8 Å². The predicted molar refractivity (Wildman–Crippen MR) is 48.5 cm³/mol. The molecule has 0 unspecified atom stereocenters. The van der Waals surface area contributed by atoms with Crippen LogP contribution in [0.1, 0.15) is 0 Å². The third-order valence-corrected chi connectivity index (χ3v) is 2.45. The van der Waals surface area contributed by atoms with Crippen molar-refractivity contribution in [3.63, 3.8) is 0 Å². The van der Waals surface area contributed by atoms with E-state index in [0.717, 1.165) is 0 Å². The van der Waals surface area contributed by atoms with Crippen molar-refractivity contribution in [2.24, 2.45) is 5.92 Å². The van der Waals surface area contributed by atoms with Crippen molar-refractivity contribution >= 4 is 5.91 Å². The molecule has 5 N–H and O–H groups in total. The highest BCUT2D eigenvalue weighted by molar-refractivity contribution is 5.80. The number of hydrogen-bond donors (Lipinski definition) is 5. The summed E-state index contributed by atoms with van der Waals surface area (Å²) in [5.41, 5.74) is -1.30. The van der Waals surface area contributed by atoms with Gasteiger partial charge in [0.15, 0.2) is 0 Å². The lowest BCUT2D eigenvalue weighted by Gasteiger charge is -2.33. The minimum Gasteiger partial charge on any atom is -0.394 e. The summed E-state index contributed by atoms with van der Waals surface area (Å²) >= 11 is 0. The Bertz CT molecular complexity index is 193. The minimum atomic E-state index is -1.30. The molecule has 0 radical (unpaired) electrons. The molecule has 1 amide bonds. The maximum Gasteiger partial charge on any atom is 0.226 e. The van der Waals surface area contributed by atoms with Gasteiger partial charge in [0.25, 0.3) is 0 Å². The van der Waals surface area contributed by atoms with Crippen LogP contribution in [0.15, 0.2) is 0 Å². The summed E-state index contributed by atoms with van der Waals surface area (Å²) in [6.45, 7) is -0.238. The maximum atomic E-state index is 11.4. The predicted octanol–water partition coefficient (Wildman–Crippen LogP) is -2.96. The van der Waals surface area contributed by atoms with Crippen molar-refractivity contribution in [3.05, 3.63) is 0 Å². The number of carbonyl (C=O) groups excluding carboxylic acids is 1. The number of hydrogen-bond acceptors (Lipinski definition) is 5. The van der Waals surface area contributed by atoms with E-state index in [2.05, 4.69) is 10.6 Å². The fourth-order valence-electron chi connectivity index (χ4n) is 1.11. The van der Waals surface area contributed by atoms with Crippen LogP contribution >= 0.6 is 0 Å². The number of amides is 1. The maximum absolute atomic E-state index is 11.4. The van der Waals surface area contributed by atoms with Crippen molar-refractivity contribution < 1.29 is 20.1 Å². The van der Waals surface area contributed by atoms with Crippen LogP contribution in [0.25, 0.3) is 0 Å². The molecule has 0 aliphatic carbocycles. The van der Waals surface area contributed by atoms with Gasteiger partial charge in [-0.1, -0.05) is 0 Å². The normalized spacial score (nSPS) is 17.6. The molecule has 6 nitrogen and oxygen atoms in total. The minimum absolute atomic E-state index is 0.126. The van der Waals surface area contributed by atoms with Gasteiger partial charge < -0.3 is 26.0 Å². The molecule has 0 aromatic rings. The number of carbonyl (C=O) groups is 1. The first-order valence-electron chi connectivity index (χ1n) is 4.53. The van der Waals surface area contributed by atoms with E-state index in [4.69, 9.17) is 15.3 Å². The van der Waals surface area contributed by atoms with Gasteiger partial charge in [0.2, 0.25) is 5.91 Å². The van der Waals surface area contributed by atoms with Crippen molar-refractivity contribution in [1.29, 1.82) is 0 Å². The van der Waals surface area contributed by atoms with Crippen molar-refractivity contribution in [2.45, 2.75) is 5.54 Å². The van der Waals surface area contributed by atoms with Crippen LogP contribution in [0, 0.1) is 5.92 Å². The number of aliphatic hydroxyl groups is 3. The summed E-state index contributed by atoms with van der Waals surface area (Å²) in [5, 5.41) is 32.2. The number of nitrogens with one attached hydrogen (secondary N) is 2. The van der Waals surface area contributed by atoms with Crippen LogP contribution in [-0.4, -0.2) is 59.7 Å². The molecular weight excluding hydrogens is 188 g/mol. The summed E-state index contributed by atoms with van der Waals surface area (Å²) in [6, 6.07) is 0. The number of aliphatic hydroxyl groups excluding tert-OH is 3. The highest BCUT2D eigenvalue weighted by Crippen LogP contribution is 2.07. The molecule has 0 bridgehead atoms. The average molecular weight is 204 g/mol. The molecule has 1 heterocycles. The van der Waals surface area contributed by atoms with Crippen LogP contribution in [-0.2, 0) is 4.79 Å². The third kappa shape index (κ3) is 2.21. The quantitative estimate of drug-likeness (QED) is 0.329. The Morgan fingerprint density at radius 3 is 2.07 bits per heavy atom. The molecule has 1 fully saturated rings. The van der Waals surface area contributed by atoms with Crippen LogP contribution in [0.5, 0.6) is 0 Å². The lowest BCUT2D eigenvalue weighted by atomic mass is 9.98. The van der Waals surface area contributed by atoms with Crippen LogP contribution in [0.2, 0.25) is 0 Å². The Hall–Kier alpha value is -0.690. The van der Waals surface area contributed by atoms with Crippen LogP contribution < -0.4 is 10.6 Å². The van der Waals surface area contributed by atoms with Crippen molar-refractivity contribution in [2.75, 3.05) is 32.9 Å². The molecule has 1 rings (SSSR count). The lowest BCUT2D eigenvalue weighted by Crippen LogP contribution is -2.61. The Morgan fingerprint density at radius 2 is 1.79 bits per heavy atom. The topological polar surface area (TPSA) is 102 Å². The second-order valence-electron chi connectivity index (χ2n) is 3.60. The van der Waals surface area contributed by atoms with Crippen LogP contribution in [0.4, 0.5) is 0 Å². The second-order valence-corrected chi connectivity index (χ2v) is 3.60. The summed E-state index contributed by atoms with van der Waals surface area (Å²) in [6.07, 6.45) is 0. The molecule has 82 valence electrons. The van der Waals surface area contributed by atoms with Crippen LogP contribution in [0.3, 0.4) is 0 Å². The van der Waals surface area contributed by atoms with Gasteiger partial charge in [0.1, 0.15) is 5.54 Å². The van der Waals surface area contributed by atoms with E-state index >= 15 is 0 Å². The van der Waals surface area contributed by atoms with Gasteiger partial charge in [0, 0.05) is 13.1 Å². The van der Waals surface area contributed by atoms with Gasteiger partial charge in [-0.2, -0.15) is 0 Å².